The van der Waals surface area contributed by atoms with E-state index in [2.05, 4.69) is 5.32 Å². The van der Waals surface area contributed by atoms with Crippen molar-refractivity contribution in [3.63, 3.8) is 0 Å². The molecule has 20 heavy (non-hydrogen) atoms. The van der Waals surface area contributed by atoms with E-state index in [0.29, 0.717) is 5.03 Å². The molecular weight excluding hydrogens is 291 g/mol. The minimum absolute atomic E-state index is 0.0208. The summed E-state index contributed by atoms with van der Waals surface area (Å²) in [5.41, 5.74) is -0.579. The maximum Gasteiger partial charge on any atom is 0.416 e. The molecule has 0 bridgehead atoms. The number of carbonyl (C=O) groups is 2. The van der Waals surface area contributed by atoms with Gasteiger partial charge in [0.15, 0.2) is 11.6 Å². The number of thioether (sulfide) groups is 1. The van der Waals surface area contributed by atoms with Crippen LogP contribution in [0.3, 0.4) is 0 Å². The van der Waals surface area contributed by atoms with E-state index >= 15 is 0 Å². The number of carbonyl (C=O) groups excluding carboxylic acids is 2. The lowest BCUT2D eigenvalue weighted by atomic mass is 10.1. The first-order valence-electron chi connectivity index (χ1n) is 5.64. The fourth-order valence-corrected chi connectivity index (χ4v) is 2.78. The van der Waals surface area contributed by atoms with Gasteiger partial charge in [-0.05, 0) is 25.1 Å². The number of hydrogen-bond donors (Lipinski definition) is 1. The zero-order valence-corrected chi connectivity index (χ0v) is 11.2. The Morgan fingerprint density at radius 1 is 1.35 bits per heavy atom. The van der Waals surface area contributed by atoms with Crippen molar-refractivity contribution in [2.45, 2.75) is 13.1 Å². The van der Waals surface area contributed by atoms with Gasteiger partial charge in [-0.2, -0.15) is 13.2 Å². The van der Waals surface area contributed by atoms with E-state index in [-0.39, 0.29) is 22.8 Å². The summed E-state index contributed by atoms with van der Waals surface area (Å²) in [4.78, 5) is 22.9. The lowest BCUT2D eigenvalue weighted by molar-refractivity contribution is -0.137. The predicted octanol–water partition coefficient (Wildman–Crippen LogP) is 3.23. The van der Waals surface area contributed by atoms with Gasteiger partial charge in [0.05, 0.1) is 21.9 Å². The summed E-state index contributed by atoms with van der Waals surface area (Å²) in [6.07, 6.45) is -4.44. The topological polar surface area (TPSA) is 46.2 Å². The largest absolute Gasteiger partial charge is 0.416 e. The van der Waals surface area contributed by atoms with Gasteiger partial charge in [0.25, 0.3) is 0 Å². The Balaban J connectivity index is 2.31. The van der Waals surface area contributed by atoms with Crippen LogP contribution in [0.15, 0.2) is 34.9 Å². The highest BCUT2D eigenvalue weighted by molar-refractivity contribution is 8.04. The van der Waals surface area contributed by atoms with Crippen molar-refractivity contribution < 1.29 is 22.8 Å². The number of Topliss-reactive ketones (excluding diaryl/α,β-unsaturated/α-hetero) is 2. The Bertz CT molecular complexity index is 608. The second-order valence-electron chi connectivity index (χ2n) is 4.18. The molecule has 0 saturated carbocycles. The average molecular weight is 301 g/mol. The summed E-state index contributed by atoms with van der Waals surface area (Å²) >= 11 is 1.11. The zero-order chi connectivity index (χ0) is 14.9. The fourth-order valence-electron chi connectivity index (χ4n) is 1.77. The van der Waals surface area contributed by atoms with Crippen LogP contribution in [0, 0.1) is 0 Å². The van der Waals surface area contributed by atoms with Crippen LogP contribution in [0.5, 0.6) is 0 Å². The summed E-state index contributed by atoms with van der Waals surface area (Å²) in [6.45, 7) is 1.26. The second-order valence-corrected chi connectivity index (χ2v) is 5.16. The van der Waals surface area contributed by atoms with Crippen molar-refractivity contribution >= 4 is 29.0 Å². The third-order valence-electron chi connectivity index (χ3n) is 2.65. The van der Waals surface area contributed by atoms with Gasteiger partial charge in [0, 0.05) is 5.69 Å². The summed E-state index contributed by atoms with van der Waals surface area (Å²) in [6, 6.07) is 4.61. The molecule has 2 rings (SSSR count). The Hall–Kier alpha value is -1.76. The van der Waals surface area contributed by atoms with Crippen LogP contribution in [-0.4, -0.2) is 17.3 Å². The number of ketones is 2. The van der Waals surface area contributed by atoms with Gasteiger partial charge in [0.2, 0.25) is 0 Å². The second kappa shape index (κ2) is 5.32. The Kier molecular flexibility index (Phi) is 3.89. The van der Waals surface area contributed by atoms with Crippen molar-refractivity contribution in [1.82, 2.24) is 0 Å². The van der Waals surface area contributed by atoms with Crippen LogP contribution in [0.4, 0.5) is 18.9 Å². The van der Waals surface area contributed by atoms with Crippen LogP contribution in [-0.2, 0) is 15.8 Å². The summed E-state index contributed by atoms with van der Waals surface area (Å²) < 4.78 is 37.8. The Morgan fingerprint density at radius 2 is 2.05 bits per heavy atom. The van der Waals surface area contributed by atoms with Crippen molar-refractivity contribution in [2.24, 2.45) is 0 Å². The normalized spacial score (nSPS) is 15.7. The molecule has 0 spiro atoms. The smallest absolute Gasteiger partial charge is 0.350 e. The third-order valence-corrected chi connectivity index (χ3v) is 3.65. The predicted molar refractivity (Wildman–Crippen MR) is 70.2 cm³/mol. The molecule has 0 amide bonds. The monoisotopic (exact) mass is 301 g/mol. The first-order valence-corrected chi connectivity index (χ1v) is 6.63. The van der Waals surface area contributed by atoms with E-state index in [1.165, 1.54) is 19.1 Å². The minimum Gasteiger partial charge on any atom is -0.350 e. The van der Waals surface area contributed by atoms with Gasteiger partial charge in [-0.1, -0.05) is 17.8 Å². The van der Waals surface area contributed by atoms with Crippen LogP contribution in [0.25, 0.3) is 0 Å². The molecule has 3 nitrogen and oxygen atoms in total. The van der Waals surface area contributed by atoms with Gasteiger partial charge in [-0.3, -0.25) is 9.59 Å². The maximum atomic E-state index is 12.6. The lowest BCUT2D eigenvalue weighted by Crippen LogP contribution is -2.10. The van der Waals surface area contributed by atoms with Crippen LogP contribution >= 0.6 is 11.8 Å². The molecule has 0 unspecified atom stereocenters. The molecule has 7 heteroatoms. The minimum atomic E-state index is -4.44. The SMILES string of the molecule is CC(=O)C1=C(Nc2cccc(C(F)(F)F)c2)SCC1=O. The molecule has 0 atom stereocenters. The zero-order valence-electron chi connectivity index (χ0n) is 10.4. The quantitative estimate of drug-likeness (QED) is 0.871. The molecule has 0 fully saturated rings. The molecule has 1 heterocycles. The Morgan fingerprint density at radius 3 is 2.65 bits per heavy atom. The fraction of sp³-hybridized carbons (Fsp3) is 0.231. The number of anilines is 1. The van der Waals surface area contributed by atoms with E-state index in [1.54, 1.807) is 0 Å². The first kappa shape index (κ1) is 14.6. The van der Waals surface area contributed by atoms with Crippen LogP contribution in [0.2, 0.25) is 0 Å². The number of halogens is 3. The number of hydrogen-bond acceptors (Lipinski definition) is 4. The van der Waals surface area contributed by atoms with E-state index in [4.69, 9.17) is 0 Å². The van der Waals surface area contributed by atoms with Gasteiger partial charge >= 0.3 is 6.18 Å². The van der Waals surface area contributed by atoms with Crippen molar-refractivity contribution in [2.75, 3.05) is 11.1 Å². The summed E-state index contributed by atoms with van der Waals surface area (Å²) in [7, 11) is 0. The maximum absolute atomic E-state index is 12.6. The van der Waals surface area contributed by atoms with Gasteiger partial charge in [0.1, 0.15) is 0 Å². The van der Waals surface area contributed by atoms with Gasteiger partial charge in [-0.15, -0.1) is 0 Å². The molecular formula is C13H10F3NO2S. The molecule has 0 aromatic heterocycles. The molecule has 1 aromatic carbocycles. The number of alkyl halides is 3. The van der Waals surface area contributed by atoms with Gasteiger partial charge in [-0.25, -0.2) is 0 Å². The standard InChI is InChI=1S/C13H10F3NO2S/c1-7(18)11-10(19)6-20-12(11)17-9-4-2-3-8(5-9)13(14,15)16/h2-5,17H,6H2,1H3. The third kappa shape index (κ3) is 3.04. The first-order chi connectivity index (χ1) is 9.29. The molecule has 0 saturated heterocycles. The number of nitrogens with one attached hydrogen (secondary N) is 1. The molecule has 0 aliphatic carbocycles. The van der Waals surface area contributed by atoms with Gasteiger partial charge < -0.3 is 5.32 Å². The summed E-state index contributed by atoms with van der Waals surface area (Å²) in [5.74, 6) is -0.581. The van der Waals surface area contributed by atoms with Crippen molar-refractivity contribution in [3.05, 3.63) is 40.4 Å². The van der Waals surface area contributed by atoms with E-state index < -0.39 is 17.5 Å². The molecule has 1 aliphatic heterocycles. The van der Waals surface area contributed by atoms with E-state index in [1.807, 2.05) is 0 Å². The molecule has 1 N–H and O–H groups in total. The number of benzene rings is 1. The van der Waals surface area contributed by atoms with E-state index in [9.17, 15) is 22.8 Å². The lowest BCUT2D eigenvalue weighted by Gasteiger charge is -2.11. The highest BCUT2D eigenvalue weighted by Crippen LogP contribution is 2.34. The number of allylic oxidation sites excluding steroid dienone is 1. The van der Waals surface area contributed by atoms with Crippen molar-refractivity contribution in [3.8, 4) is 0 Å². The van der Waals surface area contributed by atoms with Crippen LogP contribution in [0.1, 0.15) is 12.5 Å². The van der Waals surface area contributed by atoms with E-state index in [0.717, 1.165) is 23.9 Å². The molecule has 0 radical (unpaired) electrons. The molecule has 1 aromatic rings. The molecule has 106 valence electrons. The molecule has 1 aliphatic rings. The number of rotatable bonds is 3. The Labute approximate surface area is 117 Å². The van der Waals surface area contributed by atoms with Crippen molar-refractivity contribution in [1.29, 1.82) is 0 Å². The summed E-state index contributed by atoms with van der Waals surface area (Å²) in [5, 5.41) is 3.02. The average Bonchev–Trinajstić information content (AvgIpc) is 2.69. The van der Waals surface area contributed by atoms with Crippen LogP contribution < -0.4 is 5.32 Å². The highest BCUT2D eigenvalue weighted by Gasteiger charge is 2.31. The highest BCUT2D eigenvalue weighted by atomic mass is 32.2.